The van der Waals surface area contributed by atoms with Crippen LogP contribution in [0.2, 0.25) is 0 Å². The zero-order valence-corrected chi connectivity index (χ0v) is 11.7. The monoisotopic (exact) mass is 247 g/mol. The zero-order valence-electron chi connectivity index (χ0n) is 11.7. The predicted molar refractivity (Wildman–Crippen MR) is 75.6 cm³/mol. The molecular formula is C15H25N3. The SMILES string of the molecule is CC(C)c1cc(N)nc(C2CCCCCCC2)n1. The maximum Gasteiger partial charge on any atom is 0.134 e. The largest absolute Gasteiger partial charge is 0.384 e. The molecule has 0 aliphatic heterocycles. The Bertz CT molecular complexity index is 379. The van der Waals surface area contributed by atoms with Gasteiger partial charge in [-0.2, -0.15) is 0 Å². The molecule has 1 aliphatic rings. The lowest BCUT2D eigenvalue weighted by Gasteiger charge is -2.19. The van der Waals surface area contributed by atoms with Crippen molar-refractivity contribution in [3.63, 3.8) is 0 Å². The van der Waals surface area contributed by atoms with E-state index in [1.54, 1.807) is 0 Å². The van der Waals surface area contributed by atoms with E-state index in [9.17, 15) is 0 Å². The van der Waals surface area contributed by atoms with Gasteiger partial charge in [0.15, 0.2) is 0 Å². The Labute approximate surface area is 110 Å². The molecule has 2 N–H and O–H groups in total. The molecule has 18 heavy (non-hydrogen) atoms. The number of nitrogens with two attached hydrogens (primary N) is 1. The molecule has 1 fully saturated rings. The maximum atomic E-state index is 5.92. The molecule has 0 radical (unpaired) electrons. The van der Waals surface area contributed by atoms with E-state index in [1.165, 1.54) is 44.9 Å². The van der Waals surface area contributed by atoms with Crippen molar-refractivity contribution in [2.45, 2.75) is 70.6 Å². The second-order valence-electron chi connectivity index (χ2n) is 5.77. The van der Waals surface area contributed by atoms with Crippen LogP contribution in [0.25, 0.3) is 0 Å². The highest BCUT2D eigenvalue weighted by Crippen LogP contribution is 2.30. The molecule has 1 aromatic rings. The number of aromatic nitrogens is 2. The third-order valence-electron chi connectivity index (χ3n) is 3.84. The molecule has 0 aromatic carbocycles. The first-order chi connectivity index (χ1) is 8.66. The van der Waals surface area contributed by atoms with E-state index in [4.69, 9.17) is 10.7 Å². The van der Waals surface area contributed by atoms with Gasteiger partial charge in [-0.1, -0.05) is 46.0 Å². The molecule has 0 atom stereocenters. The molecule has 1 saturated carbocycles. The van der Waals surface area contributed by atoms with Crippen LogP contribution in [0.4, 0.5) is 5.82 Å². The summed E-state index contributed by atoms with van der Waals surface area (Å²) in [5, 5.41) is 0. The summed E-state index contributed by atoms with van der Waals surface area (Å²) in [7, 11) is 0. The summed E-state index contributed by atoms with van der Waals surface area (Å²) in [4.78, 5) is 9.22. The first kappa shape index (κ1) is 13.3. The lowest BCUT2D eigenvalue weighted by atomic mass is 9.90. The smallest absolute Gasteiger partial charge is 0.134 e. The molecular weight excluding hydrogens is 222 g/mol. The van der Waals surface area contributed by atoms with Gasteiger partial charge in [0.05, 0.1) is 0 Å². The van der Waals surface area contributed by atoms with E-state index in [2.05, 4.69) is 18.8 Å². The zero-order chi connectivity index (χ0) is 13.0. The number of hydrogen-bond acceptors (Lipinski definition) is 3. The maximum absolute atomic E-state index is 5.92. The van der Waals surface area contributed by atoms with Crippen molar-refractivity contribution < 1.29 is 0 Å². The molecule has 3 heteroatoms. The predicted octanol–water partition coefficient (Wildman–Crippen LogP) is 4.01. The second-order valence-corrected chi connectivity index (χ2v) is 5.77. The highest BCUT2D eigenvalue weighted by Gasteiger charge is 2.18. The third kappa shape index (κ3) is 3.44. The quantitative estimate of drug-likeness (QED) is 0.859. The first-order valence-corrected chi connectivity index (χ1v) is 7.31. The fourth-order valence-electron chi connectivity index (χ4n) is 2.70. The Kier molecular flexibility index (Phi) is 4.56. The van der Waals surface area contributed by atoms with E-state index in [-0.39, 0.29) is 0 Å². The Morgan fingerprint density at radius 2 is 1.67 bits per heavy atom. The molecule has 3 nitrogen and oxygen atoms in total. The van der Waals surface area contributed by atoms with E-state index in [0.717, 1.165) is 11.5 Å². The van der Waals surface area contributed by atoms with Crippen LogP contribution < -0.4 is 5.73 Å². The summed E-state index contributed by atoms with van der Waals surface area (Å²) in [6, 6.07) is 1.91. The Morgan fingerprint density at radius 1 is 1.06 bits per heavy atom. The van der Waals surface area contributed by atoms with Crippen molar-refractivity contribution in [3.8, 4) is 0 Å². The van der Waals surface area contributed by atoms with E-state index < -0.39 is 0 Å². The lowest BCUT2D eigenvalue weighted by Crippen LogP contribution is -2.11. The highest BCUT2D eigenvalue weighted by molar-refractivity contribution is 5.31. The topological polar surface area (TPSA) is 51.8 Å². The number of nitrogens with zero attached hydrogens (tertiary/aromatic N) is 2. The van der Waals surface area contributed by atoms with Gasteiger partial charge >= 0.3 is 0 Å². The Morgan fingerprint density at radius 3 is 2.28 bits per heavy atom. The van der Waals surface area contributed by atoms with Gasteiger partial charge in [-0.25, -0.2) is 9.97 Å². The normalized spacial score (nSPS) is 18.6. The number of anilines is 1. The number of nitrogen functional groups attached to an aromatic ring is 1. The van der Waals surface area contributed by atoms with Crippen molar-refractivity contribution in [2.75, 3.05) is 5.73 Å². The number of hydrogen-bond donors (Lipinski definition) is 1. The molecule has 0 saturated heterocycles. The van der Waals surface area contributed by atoms with Crippen molar-refractivity contribution in [3.05, 3.63) is 17.6 Å². The second kappa shape index (κ2) is 6.17. The van der Waals surface area contributed by atoms with Crippen LogP contribution >= 0.6 is 0 Å². The van der Waals surface area contributed by atoms with Gasteiger partial charge in [-0.3, -0.25) is 0 Å². The van der Waals surface area contributed by atoms with Gasteiger partial charge in [0.25, 0.3) is 0 Å². The van der Waals surface area contributed by atoms with Crippen LogP contribution in [0.3, 0.4) is 0 Å². The summed E-state index contributed by atoms with van der Waals surface area (Å²) >= 11 is 0. The fraction of sp³-hybridized carbons (Fsp3) is 0.733. The first-order valence-electron chi connectivity index (χ1n) is 7.31. The molecule has 0 bridgehead atoms. The van der Waals surface area contributed by atoms with E-state index in [0.29, 0.717) is 17.7 Å². The average Bonchev–Trinajstić information content (AvgIpc) is 2.27. The summed E-state index contributed by atoms with van der Waals surface area (Å²) in [6.07, 6.45) is 9.16. The van der Waals surface area contributed by atoms with Crippen LogP contribution in [0.1, 0.15) is 82.1 Å². The third-order valence-corrected chi connectivity index (χ3v) is 3.84. The molecule has 0 spiro atoms. The molecule has 0 amide bonds. The van der Waals surface area contributed by atoms with Gasteiger partial charge in [0.2, 0.25) is 0 Å². The van der Waals surface area contributed by atoms with E-state index >= 15 is 0 Å². The standard InChI is InChI=1S/C15H25N3/c1-11(2)13-10-14(16)18-15(17-13)12-8-6-4-3-5-7-9-12/h10-12H,3-9H2,1-2H3,(H2,16,17,18). The summed E-state index contributed by atoms with van der Waals surface area (Å²) in [5.74, 6) is 2.56. The minimum absolute atomic E-state index is 0.419. The van der Waals surface area contributed by atoms with Gasteiger partial charge in [0, 0.05) is 17.7 Å². The van der Waals surface area contributed by atoms with Crippen molar-refractivity contribution >= 4 is 5.82 Å². The Balaban J connectivity index is 2.19. The average molecular weight is 247 g/mol. The molecule has 0 unspecified atom stereocenters. The van der Waals surface area contributed by atoms with Crippen LogP contribution in [-0.4, -0.2) is 9.97 Å². The van der Waals surface area contributed by atoms with Gasteiger partial charge < -0.3 is 5.73 Å². The van der Waals surface area contributed by atoms with Crippen LogP contribution in [0.15, 0.2) is 6.07 Å². The van der Waals surface area contributed by atoms with Crippen molar-refractivity contribution in [1.29, 1.82) is 0 Å². The summed E-state index contributed by atoms with van der Waals surface area (Å²) in [6.45, 7) is 4.31. The molecule has 1 aliphatic carbocycles. The van der Waals surface area contributed by atoms with E-state index in [1.807, 2.05) is 6.07 Å². The molecule has 1 aromatic heterocycles. The minimum atomic E-state index is 0.419. The van der Waals surface area contributed by atoms with Gasteiger partial charge in [0.1, 0.15) is 11.6 Å². The number of rotatable bonds is 2. The molecule has 100 valence electrons. The van der Waals surface area contributed by atoms with Gasteiger partial charge in [-0.05, 0) is 18.8 Å². The summed E-state index contributed by atoms with van der Waals surface area (Å²) in [5.41, 5.74) is 7.01. The fourth-order valence-corrected chi connectivity index (χ4v) is 2.70. The molecule has 2 rings (SSSR count). The van der Waals surface area contributed by atoms with Gasteiger partial charge in [-0.15, -0.1) is 0 Å². The van der Waals surface area contributed by atoms with Crippen LogP contribution in [-0.2, 0) is 0 Å². The summed E-state index contributed by atoms with van der Waals surface area (Å²) < 4.78 is 0. The minimum Gasteiger partial charge on any atom is -0.384 e. The van der Waals surface area contributed by atoms with Crippen molar-refractivity contribution in [2.24, 2.45) is 0 Å². The van der Waals surface area contributed by atoms with Crippen molar-refractivity contribution in [1.82, 2.24) is 9.97 Å². The van der Waals surface area contributed by atoms with Crippen LogP contribution in [0.5, 0.6) is 0 Å². The van der Waals surface area contributed by atoms with Crippen LogP contribution in [0, 0.1) is 0 Å². The highest BCUT2D eigenvalue weighted by atomic mass is 15.0. The molecule has 1 heterocycles. The Hall–Kier alpha value is -1.12. The lowest BCUT2D eigenvalue weighted by molar-refractivity contribution is 0.441.